The number of nitrogens with one attached hydrogen (secondary N) is 2. The van der Waals surface area contributed by atoms with Crippen LogP contribution >= 0.6 is 0 Å². The Morgan fingerprint density at radius 1 is 1.14 bits per heavy atom. The van der Waals surface area contributed by atoms with Crippen LogP contribution in [0.1, 0.15) is 72.3 Å². The molecule has 0 atom stereocenters. The molecule has 5 nitrogen and oxygen atoms in total. The average Bonchev–Trinajstić information content (AvgIpc) is 2.52. The van der Waals surface area contributed by atoms with Gasteiger partial charge in [0.25, 0.3) is 0 Å². The Hall–Kier alpha value is -1.65. The molecule has 2 rings (SSSR count). The predicted octanol–water partition coefficient (Wildman–Crippen LogP) is 4.24. The summed E-state index contributed by atoms with van der Waals surface area (Å²) in [5.74, 6) is 1.09. The molecule has 1 aromatic heterocycles. The van der Waals surface area contributed by atoms with Crippen molar-refractivity contribution in [1.82, 2.24) is 9.97 Å². The van der Waals surface area contributed by atoms with Crippen molar-refractivity contribution in [3.63, 3.8) is 0 Å². The van der Waals surface area contributed by atoms with Crippen LogP contribution in [0.3, 0.4) is 0 Å². The smallest absolute Gasteiger partial charge is 0.140 e. The van der Waals surface area contributed by atoms with Crippen LogP contribution in [0.25, 0.3) is 0 Å². The van der Waals surface area contributed by atoms with Crippen LogP contribution in [-0.2, 0) is 0 Å². The topological polar surface area (TPSA) is 87.7 Å². The molecule has 1 saturated carbocycles. The van der Waals surface area contributed by atoms with Gasteiger partial charge >= 0.3 is 0 Å². The number of nitrogens with zero attached hydrogens (tertiary/aromatic N) is 2. The van der Waals surface area contributed by atoms with E-state index in [1.54, 1.807) is 6.92 Å². The SMILES string of the molecule is CC.CC.CC(=N)c1c(N)ncnc1NC1CCCCC1. The van der Waals surface area contributed by atoms with Crippen molar-refractivity contribution >= 4 is 17.3 Å². The van der Waals surface area contributed by atoms with Gasteiger partial charge < -0.3 is 16.5 Å². The first-order chi connectivity index (χ1) is 10.2. The van der Waals surface area contributed by atoms with E-state index in [9.17, 15) is 0 Å². The Bertz CT molecular complexity index is 411. The second-order valence-electron chi connectivity index (χ2n) is 4.59. The summed E-state index contributed by atoms with van der Waals surface area (Å²) in [5.41, 5.74) is 6.84. The first-order valence-electron chi connectivity index (χ1n) is 8.11. The normalized spacial score (nSPS) is 14.1. The molecule has 0 aromatic carbocycles. The van der Waals surface area contributed by atoms with Gasteiger partial charge in [-0.05, 0) is 19.8 Å². The minimum Gasteiger partial charge on any atom is -0.383 e. The Balaban J connectivity index is 0.000000921. The van der Waals surface area contributed by atoms with Gasteiger partial charge in [0.05, 0.1) is 5.56 Å². The van der Waals surface area contributed by atoms with Crippen molar-refractivity contribution in [2.75, 3.05) is 11.1 Å². The fourth-order valence-corrected chi connectivity index (χ4v) is 2.32. The number of rotatable bonds is 3. The van der Waals surface area contributed by atoms with Gasteiger partial charge in [0.1, 0.15) is 18.0 Å². The third kappa shape index (κ3) is 6.10. The zero-order valence-corrected chi connectivity index (χ0v) is 14.2. The minimum absolute atomic E-state index is 0.380. The monoisotopic (exact) mass is 293 g/mol. The van der Waals surface area contributed by atoms with Crippen LogP contribution < -0.4 is 11.1 Å². The summed E-state index contributed by atoms with van der Waals surface area (Å²) in [5, 5.41) is 11.1. The first kappa shape index (κ1) is 19.4. The highest BCUT2D eigenvalue weighted by molar-refractivity contribution is 6.04. The van der Waals surface area contributed by atoms with Crippen molar-refractivity contribution in [1.29, 1.82) is 5.41 Å². The number of nitrogen functional groups attached to an aromatic ring is 1. The van der Waals surface area contributed by atoms with Crippen LogP contribution in [0, 0.1) is 5.41 Å². The highest BCUT2D eigenvalue weighted by Gasteiger charge is 2.17. The summed E-state index contributed by atoms with van der Waals surface area (Å²) in [4.78, 5) is 8.15. The van der Waals surface area contributed by atoms with Crippen LogP contribution in [0.4, 0.5) is 11.6 Å². The van der Waals surface area contributed by atoms with Crippen molar-refractivity contribution in [3.05, 3.63) is 11.9 Å². The van der Waals surface area contributed by atoms with E-state index < -0.39 is 0 Å². The van der Waals surface area contributed by atoms with Crippen molar-refractivity contribution in [3.8, 4) is 0 Å². The third-order valence-electron chi connectivity index (χ3n) is 3.20. The lowest BCUT2D eigenvalue weighted by atomic mass is 9.95. The van der Waals surface area contributed by atoms with E-state index in [0.29, 0.717) is 29.0 Å². The molecule has 0 bridgehead atoms. The van der Waals surface area contributed by atoms with Gasteiger partial charge in [0, 0.05) is 11.8 Å². The molecule has 0 aliphatic heterocycles. The zero-order valence-electron chi connectivity index (χ0n) is 14.2. The second-order valence-corrected chi connectivity index (χ2v) is 4.59. The molecular formula is C16H31N5. The number of anilines is 2. The molecule has 0 unspecified atom stereocenters. The van der Waals surface area contributed by atoms with E-state index in [2.05, 4.69) is 15.3 Å². The second kappa shape index (κ2) is 11.1. The largest absolute Gasteiger partial charge is 0.383 e. The Morgan fingerprint density at radius 3 is 2.24 bits per heavy atom. The van der Waals surface area contributed by atoms with Gasteiger partial charge in [-0.15, -0.1) is 0 Å². The predicted molar refractivity (Wildman–Crippen MR) is 92.1 cm³/mol. The van der Waals surface area contributed by atoms with Crippen molar-refractivity contribution in [2.45, 2.75) is 72.8 Å². The average molecular weight is 293 g/mol. The van der Waals surface area contributed by atoms with Gasteiger partial charge in [-0.25, -0.2) is 9.97 Å². The summed E-state index contributed by atoms with van der Waals surface area (Å²) < 4.78 is 0. The molecule has 0 amide bonds. The van der Waals surface area contributed by atoms with Crippen molar-refractivity contribution in [2.24, 2.45) is 0 Å². The highest BCUT2D eigenvalue weighted by atomic mass is 15.1. The third-order valence-corrected chi connectivity index (χ3v) is 3.20. The molecule has 4 N–H and O–H groups in total. The lowest BCUT2D eigenvalue weighted by Crippen LogP contribution is -2.24. The molecule has 0 radical (unpaired) electrons. The Morgan fingerprint density at radius 2 is 1.71 bits per heavy atom. The number of nitrogens with two attached hydrogens (primary N) is 1. The Labute approximate surface area is 129 Å². The summed E-state index contributed by atoms with van der Waals surface area (Å²) in [6.45, 7) is 9.71. The number of hydrogen-bond acceptors (Lipinski definition) is 5. The lowest BCUT2D eigenvalue weighted by molar-refractivity contribution is 0.462. The lowest BCUT2D eigenvalue weighted by Gasteiger charge is -2.24. The fourth-order valence-electron chi connectivity index (χ4n) is 2.32. The van der Waals surface area contributed by atoms with E-state index in [1.807, 2.05) is 27.7 Å². The van der Waals surface area contributed by atoms with E-state index in [-0.39, 0.29) is 0 Å². The van der Waals surface area contributed by atoms with Crippen molar-refractivity contribution < 1.29 is 0 Å². The fraction of sp³-hybridized carbons (Fsp3) is 0.688. The summed E-state index contributed by atoms with van der Waals surface area (Å²) in [7, 11) is 0. The van der Waals surface area contributed by atoms with Crippen LogP contribution in [-0.4, -0.2) is 21.7 Å². The molecular weight excluding hydrogens is 262 g/mol. The van der Waals surface area contributed by atoms with Gasteiger partial charge in [0.2, 0.25) is 0 Å². The molecule has 120 valence electrons. The van der Waals surface area contributed by atoms with Gasteiger partial charge in [0.15, 0.2) is 0 Å². The van der Waals surface area contributed by atoms with Gasteiger partial charge in [-0.2, -0.15) is 0 Å². The maximum absolute atomic E-state index is 7.73. The molecule has 1 heterocycles. The molecule has 21 heavy (non-hydrogen) atoms. The molecule has 1 aliphatic rings. The number of hydrogen-bond donors (Lipinski definition) is 3. The summed E-state index contributed by atoms with van der Waals surface area (Å²) in [6.07, 6.45) is 7.63. The molecule has 1 fully saturated rings. The first-order valence-corrected chi connectivity index (χ1v) is 8.11. The van der Waals surface area contributed by atoms with E-state index in [4.69, 9.17) is 11.1 Å². The maximum Gasteiger partial charge on any atom is 0.140 e. The molecule has 0 spiro atoms. The quantitative estimate of drug-likeness (QED) is 0.727. The van der Waals surface area contributed by atoms with Crippen LogP contribution in [0.15, 0.2) is 6.33 Å². The summed E-state index contributed by atoms with van der Waals surface area (Å²) in [6, 6.07) is 0.455. The van der Waals surface area contributed by atoms with Gasteiger partial charge in [-0.3, -0.25) is 0 Å². The molecule has 5 heteroatoms. The van der Waals surface area contributed by atoms with Crippen LogP contribution in [0.2, 0.25) is 0 Å². The molecule has 0 saturated heterocycles. The minimum atomic E-state index is 0.380. The van der Waals surface area contributed by atoms with E-state index in [1.165, 1.54) is 38.4 Å². The Kier molecular flexibility index (Phi) is 10.2. The van der Waals surface area contributed by atoms with Gasteiger partial charge in [-0.1, -0.05) is 47.0 Å². The van der Waals surface area contributed by atoms with Crippen LogP contribution in [0.5, 0.6) is 0 Å². The maximum atomic E-state index is 7.73. The molecule has 1 aromatic rings. The number of aromatic nitrogens is 2. The standard InChI is InChI=1S/C12H19N5.2C2H6/c1-8(13)10-11(14)15-7-16-12(10)17-9-5-3-2-4-6-9;2*1-2/h7,9,13H,2-6H2,1H3,(H3,14,15,16,17);2*1-2H3. The summed E-state index contributed by atoms with van der Waals surface area (Å²) >= 11 is 0. The van der Waals surface area contributed by atoms with E-state index in [0.717, 1.165) is 0 Å². The zero-order chi connectivity index (χ0) is 16.3. The van der Waals surface area contributed by atoms with E-state index >= 15 is 0 Å². The highest BCUT2D eigenvalue weighted by Crippen LogP contribution is 2.24. The molecule has 1 aliphatic carbocycles.